The summed E-state index contributed by atoms with van der Waals surface area (Å²) in [5.41, 5.74) is 8.52. The Bertz CT molecular complexity index is 569. The zero-order valence-corrected chi connectivity index (χ0v) is 13.2. The van der Waals surface area contributed by atoms with Gasteiger partial charge in [0.2, 0.25) is 0 Å². The lowest BCUT2D eigenvalue weighted by Crippen LogP contribution is -2.43. The second-order valence-corrected chi connectivity index (χ2v) is 8.17. The molecule has 1 aliphatic heterocycles. The van der Waals surface area contributed by atoms with E-state index in [0.717, 1.165) is 5.56 Å². The van der Waals surface area contributed by atoms with Crippen LogP contribution in [-0.4, -0.2) is 44.0 Å². The minimum Gasteiger partial charge on any atom is -0.326 e. The van der Waals surface area contributed by atoms with E-state index < -0.39 is 9.84 Å². The highest BCUT2D eigenvalue weighted by atomic mass is 32.2. The molecular weight excluding hydrogens is 272 g/mol. The third kappa shape index (κ3) is 3.40. The molecule has 2 rings (SSSR count). The fraction of sp³-hybridized carbons (Fsp3) is 0.600. The van der Waals surface area contributed by atoms with Crippen LogP contribution in [0.25, 0.3) is 0 Å². The second-order valence-electron chi connectivity index (χ2n) is 5.94. The molecule has 0 bridgehead atoms. The SMILES string of the molecule is Cc1cccc(C(C(C)N)N(C)C2CCS(=O)(=O)C2)c1. The maximum absolute atomic E-state index is 11.7. The largest absolute Gasteiger partial charge is 0.326 e. The monoisotopic (exact) mass is 296 g/mol. The zero-order valence-electron chi connectivity index (χ0n) is 12.4. The van der Waals surface area contributed by atoms with Crippen LogP contribution in [0.1, 0.15) is 30.5 Å². The number of aryl methyl sites for hydroxylation is 1. The van der Waals surface area contributed by atoms with Gasteiger partial charge in [-0.1, -0.05) is 29.8 Å². The maximum atomic E-state index is 11.7. The molecule has 0 aliphatic carbocycles. The summed E-state index contributed by atoms with van der Waals surface area (Å²) in [5, 5.41) is 0. The highest BCUT2D eigenvalue weighted by Gasteiger charge is 2.35. The summed E-state index contributed by atoms with van der Waals surface area (Å²) in [6.07, 6.45) is 0.702. The van der Waals surface area contributed by atoms with Gasteiger partial charge in [0.25, 0.3) is 0 Å². The normalized spacial score (nSPS) is 24.8. The van der Waals surface area contributed by atoms with Crippen molar-refractivity contribution in [2.45, 2.75) is 38.4 Å². The van der Waals surface area contributed by atoms with Crippen molar-refractivity contribution in [1.29, 1.82) is 0 Å². The summed E-state index contributed by atoms with van der Waals surface area (Å²) in [6.45, 7) is 4.04. The molecule has 112 valence electrons. The third-order valence-corrected chi connectivity index (χ3v) is 5.86. The number of rotatable bonds is 4. The van der Waals surface area contributed by atoms with Crippen LogP contribution in [0.5, 0.6) is 0 Å². The standard InChI is InChI=1S/C15H24N2O2S/c1-11-5-4-6-13(9-11)15(12(2)16)17(3)14-7-8-20(18,19)10-14/h4-6,9,12,14-15H,7-8,10,16H2,1-3H3. The smallest absolute Gasteiger partial charge is 0.151 e. The lowest BCUT2D eigenvalue weighted by Gasteiger charge is -2.35. The molecule has 2 N–H and O–H groups in total. The number of hydrogen-bond acceptors (Lipinski definition) is 4. The van der Waals surface area contributed by atoms with E-state index in [4.69, 9.17) is 5.73 Å². The maximum Gasteiger partial charge on any atom is 0.151 e. The quantitative estimate of drug-likeness (QED) is 0.914. The minimum absolute atomic E-state index is 0.0493. The first-order valence-corrected chi connectivity index (χ1v) is 8.87. The Kier molecular flexibility index (Phi) is 4.52. The van der Waals surface area contributed by atoms with Crippen molar-refractivity contribution in [3.63, 3.8) is 0 Å². The number of sulfone groups is 1. The van der Waals surface area contributed by atoms with E-state index in [2.05, 4.69) is 30.0 Å². The number of nitrogens with zero attached hydrogens (tertiary/aromatic N) is 1. The molecule has 1 aliphatic rings. The van der Waals surface area contributed by atoms with Crippen molar-refractivity contribution in [2.75, 3.05) is 18.6 Å². The average molecular weight is 296 g/mol. The Hall–Kier alpha value is -0.910. The minimum atomic E-state index is -2.87. The van der Waals surface area contributed by atoms with E-state index in [1.165, 1.54) is 5.56 Å². The fourth-order valence-corrected chi connectivity index (χ4v) is 4.87. The van der Waals surface area contributed by atoms with Gasteiger partial charge in [-0.05, 0) is 32.9 Å². The Labute approximate surface area is 121 Å². The van der Waals surface area contributed by atoms with Gasteiger partial charge in [0, 0.05) is 18.1 Å². The summed E-state index contributed by atoms with van der Waals surface area (Å²) >= 11 is 0. The summed E-state index contributed by atoms with van der Waals surface area (Å²) in [5.74, 6) is 0.542. The van der Waals surface area contributed by atoms with Gasteiger partial charge in [-0.15, -0.1) is 0 Å². The Morgan fingerprint density at radius 1 is 1.40 bits per heavy atom. The summed E-state index contributed by atoms with van der Waals surface area (Å²) < 4.78 is 23.3. The van der Waals surface area contributed by atoms with E-state index in [1.807, 2.05) is 20.0 Å². The molecule has 4 nitrogen and oxygen atoms in total. The van der Waals surface area contributed by atoms with Gasteiger partial charge in [0.15, 0.2) is 9.84 Å². The molecule has 0 radical (unpaired) electrons. The zero-order chi connectivity index (χ0) is 14.9. The molecule has 3 unspecified atom stereocenters. The fourth-order valence-electron chi connectivity index (χ4n) is 3.09. The molecule has 0 aromatic heterocycles. The molecule has 1 heterocycles. The molecule has 1 fully saturated rings. The molecular formula is C15H24N2O2S. The molecule has 0 amide bonds. The third-order valence-electron chi connectivity index (χ3n) is 4.10. The first kappa shape index (κ1) is 15.5. The van der Waals surface area contributed by atoms with Crippen LogP contribution in [0.4, 0.5) is 0 Å². The van der Waals surface area contributed by atoms with Gasteiger partial charge in [-0.2, -0.15) is 0 Å². The number of nitrogens with two attached hydrogens (primary N) is 1. The van der Waals surface area contributed by atoms with Crippen LogP contribution >= 0.6 is 0 Å². The summed E-state index contributed by atoms with van der Waals surface area (Å²) in [7, 11) is -0.885. The van der Waals surface area contributed by atoms with Crippen molar-refractivity contribution in [3.8, 4) is 0 Å². The first-order valence-electron chi connectivity index (χ1n) is 7.04. The molecule has 20 heavy (non-hydrogen) atoms. The molecule has 1 aromatic rings. The number of hydrogen-bond donors (Lipinski definition) is 1. The average Bonchev–Trinajstić information content (AvgIpc) is 2.69. The van der Waals surface area contributed by atoms with Gasteiger partial charge in [-0.25, -0.2) is 8.42 Å². The Morgan fingerprint density at radius 2 is 2.10 bits per heavy atom. The van der Waals surface area contributed by atoms with E-state index in [-0.39, 0.29) is 23.9 Å². The molecule has 0 spiro atoms. The number of benzene rings is 1. The van der Waals surface area contributed by atoms with E-state index in [1.54, 1.807) is 0 Å². The van der Waals surface area contributed by atoms with Gasteiger partial charge in [0.05, 0.1) is 11.5 Å². The summed E-state index contributed by atoms with van der Waals surface area (Å²) in [4.78, 5) is 2.14. The molecule has 1 aromatic carbocycles. The lowest BCUT2D eigenvalue weighted by atomic mass is 9.96. The Balaban J connectivity index is 2.25. The van der Waals surface area contributed by atoms with Crippen LogP contribution in [0.3, 0.4) is 0 Å². The van der Waals surface area contributed by atoms with Crippen LogP contribution in [0.2, 0.25) is 0 Å². The van der Waals surface area contributed by atoms with Crippen molar-refractivity contribution in [3.05, 3.63) is 35.4 Å². The number of likely N-dealkylation sites (N-methyl/N-ethyl adjacent to an activating group) is 1. The predicted molar refractivity (Wildman–Crippen MR) is 82.4 cm³/mol. The predicted octanol–water partition coefficient (Wildman–Crippen LogP) is 1.50. The second kappa shape index (κ2) is 5.84. The van der Waals surface area contributed by atoms with Gasteiger partial charge >= 0.3 is 0 Å². The van der Waals surface area contributed by atoms with Crippen molar-refractivity contribution in [2.24, 2.45) is 5.73 Å². The highest BCUT2D eigenvalue weighted by Crippen LogP contribution is 2.28. The van der Waals surface area contributed by atoms with Crippen LogP contribution < -0.4 is 5.73 Å². The molecule has 0 saturated carbocycles. The van der Waals surface area contributed by atoms with Crippen LogP contribution in [-0.2, 0) is 9.84 Å². The van der Waals surface area contributed by atoms with Crippen LogP contribution in [0.15, 0.2) is 24.3 Å². The van der Waals surface area contributed by atoms with Gasteiger partial charge in [0.1, 0.15) is 0 Å². The molecule has 5 heteroatoms. The Morgan fingerprint density at radius 3 is 2.60 bits per heavy atom. The van der Waals surface area contributed by atoms with E-state index >= 15 is 0 Å². The topological polar surface area (TPSA) is 63.4 Å². The van der Waals surface area contributed by atoms with E-state index in [9.17, 15) is 8.42 Å². The summed E-state index contributed by atoms with van der Waals surface area (Å²) in [6, 6.07) is 8.35. The van der Waals surface area contributed by atoms with Crippen LogP contribution in [0, 0.1) is 6.92 Å². The van der Waals surface area contributed by atoms with Crippen molar-refractivity contribution in [1.82, 2.24) is 4.90 Å². The van der Waals surface area contributed by atoms with Crippen molar-refractivity contribution >= 4 is 9.84 Å². The first-order chi connectivity index (χ1) is 9.30. The van der Waals surface area contributed by atoms with E-state index in [0.29, 0.717) is 12.2 Å². The van der Waals surface area contributed by atoms with Gasteiger partial charge < -0.3 is 5.73 Å². The molecule has 1 saturated heterocycles. The van der Waals surface area contributed by atoms with Gasteiger partial charge in [-0.3, -0.25) is 4.90 Å². The molecule has 3 atom stereocenters. The highest BCUT2D eigenvalue weighted by molar-refractivity contribution is 7.91. The lowest BCUT2D eigenvalue weighted by molar-refractivity contribution is 0.168. The van der Waals surface area contributed by atoms with Crippen molar-refractivity contribution < 1.29 is 8.42 Å².